The van der Waals surface area contributed by atoms with E-state index in [4.69, 9.17) is 4.74 Å². The van der Waals surface area contributed by atoms with Crippen LogP contribution in [0.15, 0.2) is 24.5 Å². The Kier molecular flexibility index (Phi) is 4.16. The van der Waals surface area contributed by atoms with E-state index in [0.29, 0.717) is 19.8 Å². The maximum absolute atomic E-state index is 12.4. The highest BCUT2D eigenvalue weighted by molar-refractivity contribution is 5.89. The van der Waals surface area contributed by atoms with Crippen molar-refractivity contribution in [2.45, 2.75) is 31.7 Å². The van der Waals surface area contributed by atoms with Crippen molar-refractivity contribution in [1.82, 2.24) is 9.88 Å². The SMILES string of the molecule is O=C(Nc1ccncc1)N1CCOCC1CC1CCC1. The first-order valence-electron chi connectivity index (χ1n) is 7.38. The molecule has 0 aromatic carbocycles. The molecule has 1 N–H and O–H groups in total. The molecule has 0 radical (unpaired) electrons. The number of carbonyl (C=O) groups is 1. The van der Waals surface area contributed by atoms with Crippen LogP contribution in [0.3, 0.4) is 0 Å². The van der Waals surface area contributed by atoms with Crippen molar-refractivity contribution in [3.63, 3.8) is 0 Å². The molecule has 5 nitrogen and oxygen atoms in total. The van der Waals surface area contributed by atoms with Gasteiger partial charge in [-0.05, 0) is 24.5 Å². The molecule has 5 heteroatoms. The Morgan fingerprint density at radius 2 is 2.20 bits per heavy atom. The predicted octanol–water partition coefficient (Wildman–Crippen LogP) is 2.50. The number of nitrogens with zero attached hydrogens (tertiary/aromatic N) is 2. The quantitative estimate of drug-likeness (QED) is 0.922. The largest absolute Gasteiger partial charge is 0.377 e. The van der Waals surface area contributed by atoms with Gasteiger partial charge in [0, 0.05) is 24.6 Å². The standard InChI is InChI=1S/C15H21N3O2/c19-15(17-13-4-6-16-7-5-13)18-8-9-20-11-14(18)10-12-2-1-3-12/h4-7,12,14H,1-3,8-11H2,(H,16,17,19). The normalized spacial score (nSPS) is 23.2. The number of nitrogens with one attached hydrogen (secondary N) is 1. The van der Waals surface area contributed by atoms with E-state index in [1.165, 1.54) is 19.3 Å². The molecular weight excluding hydrogens is 254 g/mol. The molecule has 1 saturated heterocycles. The Morgan fingerprint density at radius 1 is 1.40 bits per heavy atom. The second-order valence-corrected chi connectivity index (χ2v) is 5.62. The van der Waals surface area contributed by atoms with Gasteiger partial charge in [-0.2, -0.15) is 0 Å². The first-order valence-corrected chi connectivity index (χ1v) is 7.38. The number of urea groups is 1. The summed E-state index contributed by atoms with van der Waals surface area (Å²) >= 11 is 0. The molecule has 1 atom stereocenters. The molecule has 2 aliphatic rings. The van der Waals surface area contributed by atoms with E-state index in [2.05, 4.69) is 10.3 Å². The highest BCUT2D eigenvalue weighted by Crippen LogP contribution is 2.32. The summed E-state index contributed by atoms with van der Waals surface area (Å²) in [5.41, 5.74) is 0.791. The van der Waals surface area contributed by atoms with Crippen LogP contribution in [-0.2, 0) is 4.74 Å². The van der Waals surface area contributed by atoms with Crippen molar-refractivity contribution in [3.8, 4) is 0 Å². The molecule has 1 aromatic heterocycles. The van der Waals surface area contributed by atoms with Gasteiger partial charge in [-0.3, -0.25) is 4.98 Å². The molecular formula is C15H21N3O2. The van der Waals surface area contributed by atoms with Crippen molar-refractivity contribution in [3.05, 3.63) is 24.5 Å². The fourth-order valence-corrected chi connectivity index (χ4v) is 2.86. The van der Waals surface area contributed by atoms with Gasteiger partial charge in [0.15, 0.2) is 0 Å². The third kappa shape index (κ3) is 3.10. The molecule has 3 rings (SSSR count). The number of carbonyl (C=O) groups excluding carboxylic acids is 1. The molecule has 1 unspecified atom stereocenters. The van der Waals surface area contributed by atoms with Crippen molar-refractivity contribution < 1.29 is 9.53 Å². The third-order valence-electron chi connectivity index (χ3n) is 4.25. The molecule has 2 amide bonds. The average Bonchev–Trinajstić information content (AvgIpc) is 2.44. The maximum atomic E-state index is 12.4. The Hall–Kier alpha value is -1.62. The topological polar surface area (TPSA) is 54.5 Å². The first-order chi connectivity index (χ1) is 9.83. The van der Waals surface area contributed by atoms with Crippen LogP contribution in [0.5, 0.6) is 0 Å². The van der Waals surface area contributed by atoms with Crippen molar-refractivity contribution >= 4 is 11.7 Å². The summed E-state index contributed by atoms with van der Waals surface area (Å²) < 4.78 is 5.55. The Labute approximate surface area is 119 Å². The minimum Gasteiger partial charge on any atom is -0.377 e. The summed E-state index contributed by atoms with van der Waals surface area (Å²) in [5, 5.41) is 2.94. The number of rotatable bonds is 3. The van der Waals surface area contributed by atoms with Gasteiger partial charge in [0.25, 0.3) is 0 Å². The fraction of sp³-hybridized carbons (Fsp3) is 0.600. The molecule has 1 aliphatic carbocycles. The molecule has 1 aromatic rings. The van der Waals surface area contributed by atoms with E-state index < -0.39 is 0 Å². The van der Waals surface area contributed by atoms with E-state index in [1.54, 1.807) is 24.5 Å². The number of amides is 2. The van der Waals surface area contributed by atoms with Crippen LogP contribution in [0.4, 0.5) is 10.5 Å². The molecule has 108 valence electrons. The van der Waals surface area contributed by atoms with Gasteiger partial charge >= 0.3 is 6.03 Å². The summed E-state index contributed by atoms with van der Waals surface area (Å²) in [4.78, 5) is 18.3. The minimum atomic E-state index is -0.0242. The minimum absolute atomic E-state index is 0.0242. The van der Waals surface area contributed by atoms with Gasteiger partial charge in [-0.1, -0.05) is 19.3 Å². The number of hydrogen-bond donors (Lipinski definition) is 1. The number of aromatic nitrogens is 1. The zero-order valence-electron chi connectivity index (χ0n) is 11.6. The van der Waals surface area contributed by atoms with Crippen LogP contribution < -0.4 is 5.32 Å². The van der Waals surface area contributed by atoms with Gasteiger partial charge in [0.1, 0.15) is 0 Å². The Morgan fingerprint density at radius 3 is 2.90 bits per heavy atom. The van der Waals surface area contributed by atoms with Crippen LogP contribution in [0.1, 0.15) is 25.7 Å². The molecule has 1 aliphatic heterocycles. The lowest BCUT2D eigenvalue weighted by Crippen LogP contribution is -2.51. The van der Waals surface area contributed by atoms with Gasteiger partial charge in [-0.15, -0.1) is 0 Å². The second kappa shape index (κ2) is 6.22. The van der Waals surface area contributed by atoms with Gasteiger partial charge in [-0.25, -0.2) is 4.79 Å². The molecule has 1 saturated carbocycles. The van der Waals surface area contributed by atoms with Crippen LogP contribution in [0.2, 0.25) is 0 Å². The first kappa shape index (κ1) is 13.4. The zero-order chi connectivity index (χ0) is 13.8. The van der Waals surface area contributed by atoms with Crippen molar-refractivity contribution in [2.75, 3.05) is 25.1 Å². The van der Waals surface area contributed by atoms with Gasteiger partial charge in [0.2, 0.25) is 0 Å². The Balaban J connectivity index is 1.61. The molecule has 20 heavy (non-hydrogen) atoms. The van der Waals surface area contributed by atoms with Crippen LogP contribution in [0, 0.1) is 5.92 Å². The second-order valence-electron chi connectivity index (χ2n) is 5.62. The van der Waals surface area contributed by atoms with Gasteiger partial charge in [0.05, 0.1) is 19.3 Å². The number of pyridine rings is 1. The van der Waals surface area contributed by atoms with E-state index in [9.17, 15) is 4.79 Å². The maximum Gasteiger partial charge on any atom is 0.322 e. The summed E-state index contributed by atoms with van der Waals surface area (Å²) in [7, 11) is 0. The number of hydrogen-bond acceptors (Lipinski definition) is 3. The zero-order valence-corrected chi connectivity index (χ0v) is 11.6. The fourth-order valence-electron chi connectivity index (χ4n) is 2.86. The number of morpholine rings is 1. The number of anilines is 1. The molecule has 2 fully saturated rings. The van der Waals surface area contributed by atoms with Crippen LogP contribution >= 0.6 is 0 Å². The van der Waals surface area contributed by atoms with Crippen LogP contribution in [0.25, 0.3) is 0 Å². The lowest BCUT2D eigenvalue weighted by atomic mass is 9.80. The predicted molar refractivity (Wildman–Crippen MR) is 76.5 cm³/mol. The van der Waals surface area contributed by atoms with Crippen LogP contribution in [-0.4, -0.2) is 41.7 Å². The average molecular weight is 275 g/mol. The van der Waals surface area contributed by atoms with Crippen molar-refractivity contribution in [2.24, 2.45) is 5.92 Å². The summed E-state index contributed by atoms with van der Waals surface area (Å²) in [6, 6.07) is 3.80. The molecule has 0 bridgehead atoms. The number of ether oxygens (including phenoxy) is 1. The highest BCUT2D eigenvalue weighted by Gasteiger charge is 2.31. The summed E-state index contributed by atoms with van der Waals surface area (Å²) in [6.07, 6.45) is 8.37. The monoisotopic (exact) mass is 275 g/mol. The Bertz CT molecular complexity index is 448. The summed E-state index contributed by atoms with van der Waals surface area (Å²) in [6.45, 7) is 1.97. The van der Waals surface area contributed by atoms with E-state index >= 15 is 0 Å². The lowest BCUT2D eigenvalue weighted by Gasteiger charge is -2.39. The summed E-state index contributed by atoms with van der Waals surface area (Å²) in [5.74, 6) is 0.776. The molecule has 0 spiro atoms. The van der Waals surface area contributed by atoms with E-state index in [1.807, 2.05) is 4.90 Å². The van der Waals surface area contributed by atoms with E-state index in [-0.39, 0.29) is 12.1 Å². The highest BCUT2D eigenvalue weighted by atomic mass is 16.5. The van der Waals surface area contributed by atoms with E-state index in [0.717, 1.165) is 18.0 Å². The lowest BCUT2D eigenvalue weighted by molar-refractivity contribution is 0.00232. The van der Waals surface area contributed by atoms with Gasteiger partial charge < -0.3 is 15.0 Å². The molecule has 2 heterocycles. The smallest absolute Gasteiger partial charge is 0.322 e. The van der Waals surface area contributed by atoms with Crippen molar-refractivity contribution in [1.29, 1.82) is 0 Å². The third-order valence-corrected chi connectivity index (χ3v) is 4.25.